The first-order valence-corrected chi connectivity index (χ1v) is 16.8. The van der Waals surface area contributed by atoms with Crippen LogP contribution in [-0.2, 0) is 56.8 Å². The van der Waals surface area contributed by atoms with Gasteiger partial charge >= 0.3 is 0 Å². The fraction of sp³-hybridized carbons (Fsp3) is 1.00. The maximum absolute atomic E-state index is 6.50. The van der Waals surface area contributed by atoms with Gasteiger partial charge in [-0.1, -0.05) is 15.9 Å². The Labute approximate surface area is 271 Å². The Balaban J connectivity index is 1.46. The lowest BCUT2D eigenvalue weighted by atomic mass is 9.90. The van der Waals surface area contributed by atoms with Crippen LogP contribution in [0.25, 0.3) is 0 Å². The molecule has 0 radical (unpaired) electrons. The van der Waals surface area contributed by atoms with Crippen molar-refractivity contribution in [3.63, 3.8) is 0 Å². The zero-order valence-electron chi connectivity index (χ0n) is 27.9. The first-order valence-electron chi connectivity index (χ1n) is 15.6. The molecule has 4 aliphatic rings. The van der Waals surface area contributed by atoms with Gasteiger partial charge in [0.1, 0.15) is 18.3 Å². The fourth-order valence-electron chi connectivity index (χ4n) is 4.87. The van der Waals surface area contributed by atoms with Gasteiger partial charge in [-0.2, -0.15) is 0 Å². The van der Waals surface area contributed by atoms with Crippen molar-refractivity contribution in [2.75, 3.05) is 91.2 Å². The van der Waals surface area contributed by atoms with Crippen LogP contribution in [0.5, 0.6) is 0 Å². The maximum atomic E-state index is 6.50. The molecule has 258 valence electrons. The van der Waals surface area contributed by atoms with E-state index in [9.17, 15) is 0 Å². The molecule has 13 heteroatoms. The van der Waals surface area contributed by atoms with Gasteiger partial charge in [-0.25, -0.2) is 0 Å². The quantitative estimate of drug-likeness (QED) is 0.247. The Morgan fingerprint density at radius 3 is 1.16 bits per heavy atom. The molecular weight excluding hydrogens is 644 g/mol. The second-order valence-electron chi connectivity index (χ2n) is 14.5. The van der Waals surface area contributed by atoms with Gasteiger partial charge in [-0.15, -0.1) is 0 Å². The molecule has 12 nitrogen and oxygen atoms in total. The lowest BCUT2D eigenvalue weighted by Crippen LogP contribution is -2.52. The zero-order chi connectivity index (χ0) is 32.1. The average Bonchev–Trinajstić information content (AvgIpc) is 2.96. The van der Waals surface area contributed by atoms with Gasteiger partial charge < -0.3 is 56.8 Å². The predicted molar refractivity (Wildman–Crippen MR) is 163 cm³/mol. The summed E-state index contributed by atoms with van der Waals surface area (Å²) >= 11 is 3.66. The van der Waals surface area contributed by atoms with E-state index in [-0.39, 0.29) is 43.5 Å². The van der Waals surface area contributed by atoms with E-state index in [0.29, 0.717) is 71.4 Å². The number of hydrogen-bond acceptors (Lipinski definition) is 12. The van der Waals surface area contributed by atoms with Crippen molar-refractivity contribution in [1.29, 1.82) is 0 Å². The minimum absolute atomic E-state index is 0.247. The molecule has 0 aromatic heterocycles. The fourth-order valence-corrected chi connectivity index (χ4v) is 5.36. The highest BCUT2D eigenvalue weighted by molar-refractivity contribution is 9.09. The molecule has 4 heterocycles. The Morgan fingerprint density at radius 1 is 0.523 bits per heavy atom. The highest BCUT2D eigenvalue weighted by atomic mass is 79.9. The van der Waals surface area contributed by atoms with Gasteiger partial charge in [-0.05, 0) is 55.4 Å². The topological polar surface area (TPSA) is 111 Å². The third kappa shape index (κ3) is 11.3. The van der Waals surface area contributed by atoms with Gasteiger partial charge in [-0.3, -0.25) is 0 Å². The van der Waals surface area contributed by atoms with Crippen molar-refractivity contribution in [2.24, 2.45) is 10.8 Å². The van der Waals surface area contributed by atoms with Crippen molar-refractivity contribution >= 4 is 15.9 Å². The largest absolute Gasteiger partial charge is 0.380 e. The summed E-state index contributed by atoms with van der Waals surface area (Å²) in [7, 11) is 0. The summed E-state index contributed by atoms with van der Waals surface area (Å²) in [6.07, 6.45) is -0.742. The summed E-state index contributed by atoms with van der Waals surface area (Å²) in [5.74, 6) is -2.55. The molecule has 0 saturated carbocycles. The molecule has 0 N–H and O–H groups in total. The van der Waals surface area contributed by atoms with E-state index in [1.807, 2.05) is 55.4 Å². The van der Waals surface area contributed by atoms with E-state index >= 15 is 0 Å². The highest BCUT2D eigenvalue weighted by Crippen LogP contribution is 2.34. The Morgan fingerprint density at radius 2 is 0.841 bits per heavy atom. The minimum Gasteiger partial charge on any atom is -0.380 e. The molecule has 44 heavy (non-hydrogen) atoms. The summed E-state index contributed by atoms with van der Waals surface area (Å²) < 4.78 is 72.9. The Kier molecular flexibility index (Phi) is 12.6. The summed E-state index contributed by atoms with van der Waals surface area (Å²) in [6.45, 7) is 20.3. The van der Waals surface area contributed by atoms with Crippen LogP contribution in [0.4, 0.5) is 0 Å². The SMILES string of the molecule is CC1(C)OCC(OCC(COCC2(CBr)COC(C)(C)OC2)(COC2COC(C)(C)OC2)COC2COC(C)(C)OC2)CO1. The van der Waals surface area contributed by atoms with E-state index in [2.05, 4.69) is 15.9 Å². The monoisotopic (exact) mass is 698 g/mol. The van der Waals surface area contributed by atoms with Crippen molar-refractivity contribution < 1.29 is 56.8 Å². The lowest BCUT2D eigenvalue weighted by Gasteiger charge is -2.44. The number of hydrogen-bond donors (Lipinski definition) is 0. The standard InChI is InChI=1S/C31H55BrO12/c1-26(2)37-9-23(10-38-26)34-18-31(19-35-24-11-39-27(3,4)40-12-24,20-36-25-13-41-28(5,6)42-14-25)17-33-16-30(15-32)21-43-29(7,8)44-22-30/h23-25H,9-22H2,1-8H3. The van der Waals surface area contributed by atoms with Crippen LogP contribution in [-0.4, -0.2) is 133 Å². The zero-order valence-corrected chi connectivity index (χ0v) is 29.5. The van der Waals surface area contributed by atoms with E-state index in [0.717, 1.165) is 0 Å². The molecule has 4 aliphatic heterocycles. The maximum Gasteiger partial charge on any atom is 0.163 e. The van der Waals surface area contributed by atoms with E-state index < -0.39 is 28.6 Å². The van der Waals surface area contributed by atoms with E-state index in [1.54, 1.807) is 0 Å². The van der Waals surface area contributed by atoms with Gasteiger partial charge in [0.05, 0.1) is 96.7 Å². The first-order chi connectivity index (χ1) is 20.5. The summed E-state index contributed by atoms with van der Waals surface area (Å²) in [6, 6.07) is 0. The Bertz CT molecular complexity index is 778. The summed E-state index contributed by atoms with van der Waals surface area (Å²) in [4.78, 5) is 0. The molecule has 0 aromatic carbocycles. The lowest BCUT2D eigenvalue weighted by molar-refractivity contribution is -0.300. The minimum atomic E-state index is -0.698. The van der Waals surface area contributed by atoms with Gasteiger partial charge in [0.2, 0.25) is 0 Å². The van der Waals surface area contributed by atoms with Crippen molar-refractivity contribution in [3.8, 4) is 0 Å². The van der Waals surface area contributed by atoms with Crippen molar-refractivity contribution in [3.05, 3.63) is 0 Å². The molecule has 0 amide bonds. The van der Waals surface area contributed by atoms with Crippen molar-refractivity contribution in [1.82, 2.24) is 0 Å². The molecular formula is C31H55BrO12. The van der Waals surface area contributed by atoms with Crippen LogP contribution >= 0.6 is 15.9 Å². The third-order valence-corrected chi connectivity index (χ3v) is 9.32. The van der Waals surface area contributed by atoms with Crippen molar-refractivity contribution in [2.45, 2.75) is 96.9 Å². The molecule has 4 saturated heterocycles. The van der Waals surface area contributed by atoms with E-state index in [4.69, 9.17) is 56.8 Å². The second-order valence-corrected chi connectivity index (χ2v) is 15.0. The van der Waals surface area contributed by atoms with Crippen LogP contribution in [0, 0.1) is 10.8 Å². The van der Waals surface area contributed by atoms with Gasteiger partial charge in [0, 0.05) is 5.33 Å². The van der Waals surface area contributed by atoms with E-state index in [1.165, 1.54) is 0 Å². The average molecular weight is 700 g/mol. The molecule has 0 bridgehead atoms. The van der Waals surface area contributed by atoms with Crippen LogP contribution in [0.3, 0.4) is 0 Å². The molecule has 4 fully saturated rings. The smallest absolute Gasteiger partial charge is 0.163 e. The second kappa shape index (κ2) is 15.0. The predicted octanol–water partition coefficient (Wildman–Crippen LogP) is 3.66. The molecule has 0 spiro atoms. The third-order valence-electron chi connectivity index (χ3n) is 8.13. The normalized spacial score (nSPS) is 27.8. The number of rotatable bonds is 14. The molecule has 0 aromatic rings. The molecule has 4 rings (SSSR count). The van der Waals surface area contributed by atoms with Crippen LogP contribution in [0.15, 0.2) is 0 Å². The number of halogens is 1. The highest BCUT2D eigenvalue weighted by Gasteiger charge is 2.43. The summed E-state index contributed by atoms with van der Waals surface area (Å²) in [5, 5.41) is 0.665. The molecule has 0 aliphatic carbocycles. The van der Waals surface area contributed by atoms with Gasteiger partial charge in [0.15, 0.2) is 23.1 Å². The number of alkyl halides is 1. The first kappa shape index (κ1) is 36.8. The summed E-state index contributed by atoms with van der Waals surface area (Å²) in [5.41, 5.74) is -1.04. The van der Waals surface area contributed by atoms with Gasteiger partial charge in [0.25, 0.3) is 0 Å². The number of ether oxygens (including phenoxy) is 12. The van der Waals surface area contributed by atoms with Crippen LogP contribution in [0.2, 0.25) is 0 Å². The van der Waals surface area contributed by atoms with Crippen LogP contribution in [0.1, 0.15) is 55.4 Å². The van der Waals surface area contributed by atoms with Crippen LogP contribution < -0.4 is 0 Å². The molecule has 0 unspecified atom stereocenters. The Hall–Kier alpha value is -0.0000000000000000139. The molecule has 0 atom stereocenters.